The van der Waals surface area contributed by atoms with E-state index in [0.29, 0.717) is 36.1 Å². The number of amides is 2. The fraction of sp³-hybridized carbons (Fsp3) is 0.500. The third-order valence-electron chi connectivity index (χ3n) is 7.94. The van der Waals surface area contributed by atoms with Gasteiger partial charge in [0, 0.05) is 63.1 Å². The summed E-state index contributed by atoms with van der Waals surface area (Å²) in [7, 11) is 3.54. The molecule has 37 heavy (non-hydrogen) atoms. The molecule has 1 saturated carbocycles. The molecule has 3 aliphatic rings. The van der Waals surface area contributed by atoms with Gasteiger partial charge in [-0.05, 0) is 37.5 Å². The summed E-state index contributed by atoms with van der Waals surface area (Å²) in [6.07, 6.45) is 9.85. The number of nitrogens with zero attached hydrogens (tertiary/aromatic N) is 7. The zero-order valence-electron chi connectivity index (χ0n) is 21.3. The van der Waals surface area contributed by atoms with Gasteiger partial charge >= 0.3 is 0 Å². The number of carbonyl (C=O) groups excluding carboxylic acids is 2. The number of hydrogen-bond donors (Lipinski definition) is 2. The van der Waals surface area contributed by atoms with Crippen molar-refractivity contribution in [1.82, 2.24) is 34.3 Å². The summed E-state index contributed by atoms with van der Waals surface area (Å²) in [5.74, 6) is 6.87. The third-order valence-corrected chi connectivity index (χ3v) is 7.94. The van der Waals surface area contributed by atoms with E-state index >= 15 is 0 Å². The Hall–Kier alpha value is -3.57. The Morgan fingerprint density at radius 1 is 1.03 bits per heavy atom. The van der Waals surface area contributed by atoms with Crippen LogP contribution in [0.5, 0.6) is 0 Å². The zero-order chi connectivity index (χ0) is 25.7. The van der Waals surface area contributed by atoms with Crippen molar-refractivity contribution in [1.29, 1.82) is 0 Å². The SMILES string of the molecule is CN(C)C(=O)c1cc2cnc(Nc3ccc(C(=O)N4CC5CC4CN5N)cn3)nc2n1C1CCCCC1. The Morgan fingerprint density at radius 2 is 1.84 bits per heavy atom. The molecule has 11 nitrogen and oxygen atoms in total. The first-order chi connectivity index (χ1) is 17.9. The second kappa shape index (κ2) is 9.38. The minimum Gasteiger partial charge on any atom is -0.343 e. The molecule has 11 heteroatoms. The predicted molar refractivity (Wildman–Crippen MR) is 139 cm³/mol. The number of likely N-dealkylation sites (tertiary alicyclic amines) is 1. The molecule has 5 heterocycles. The van der Waals surface area contributed by atoms with Crippen LogP contribution in [0, 0.1) is 0 Å². The van der Waals surface area contributed by atoms with Crippen LogP contribution in [0.3, 0.4) is 0 Å². The lowest BCUT2D eigenvalue weighted by molar-refractivity contribution is 0.0625. The Balaban J connectivity index is 1.24. The van der Waals surface area contributed by atoms with Gasteiger partial charge in [0.15, 0.2) is 0 Å². The van der Waals surface area contributed by atoms with Crippen molar-refractivity contribution in [2.24, 2.45) is 5.84 Å². The summed E-state index contributed by atoms with van der Waals surface area (Å²) in [5, 5.41) is 5.84. The third kappa shape index (κ3) is 4.31. The molecule has 2 unspecified atom stereocenters. The minimum absolute atomic E-state index is 0.0132. The number of nitrogens with two attached hydrogens (primary N) is 1. The summed E-state index contributed by atoms with van der Waals surface area (Å²) in [6, 6.07) is 6.10. The summed E-state index contributed by atoms with van der Waals surface area (Å²) in [5.41, 5.74) is 1.95. The van der Waals surface area contributed by atoms with E-state index in [1.165, 1.54) is 6.42 Å². The van der Waals surface area contributed by atoms with E-state index in [4.69, 9.17) is 10.8 Å². The number of hydrazine groups is 1. The number of hydrogen-bond acceptors (Lipinski definition) is 8. The monoisotopic (exact) mass is 503 g/mol. The molecule has 2 aliphatic heterocycles. The Morgan fingerprint density at radius 3 is 2.49 bits per heavy atom. The van der Waals surface area contributed by atoms with E-state index in [9.17, 15) is 9.59 Å². The molecule has 3 fully saturated rings. The molecule has 2 amide bonds. The van der Waals surface area contributed by atoms with E-state index in [2.05, 4.69) is 19.9 Å². The van der Waals surface area contributed by atoms with Gasteiger partial charge in [-0.25, -0.2) is 15.0 Å². The van der Waals surface area contributed by atoms with Gasteiger partial charge in [0.1, 0.15) is 17.2 Å². The van der Waals surface area contributed by atoms with Crippen molar-refractivity contribution in [2.45, 2.75) is 56.7 Å². The molecule has 3 aromatic rings. The van der Waals surface area contributed by atoms with Gasteiger partial charge < -0.3 is 19.7 Å². The number of pyridine rings is 1. The fourth-order valence-corrected chi connectivity index (χ4v) is 5.99. The minimum atomic E-state index is -0.0367. The second-order valence-electron chi connectivity index (χ2n) is 10.6. The van der Waals surface area contributed by atoms with Crippen LogP contribution < -0.4 is 11.2 Å². The van der Waals surface area contributed by atoms with E-state index in [0.717, 1.165) is 43.1 Å². The average Bonchev–Trinajstić information content (AvgIpc) is 3.60. The van der Waals surface area contributed by atoms with Crippen LogP contribution in [0.1, 0.15) is 65.4 Å². The molecule has 194 valence electrons. The first-order valence-electron chi connectivity index (χ1n) is 13.0. The van der Waals surface area contributed by atoms with Crippen molar-refractivity contribution < 1.29 is 9.59 Å². The predicted octanol–water partition coefficient (Wildman–Crippen LogP) is 2.55. The number of rotatable bonds is 5. The standard InChI is InChI=1S/C26H33N9O2/c1-32(2)25(37)21-10-17-13-29-26(31-23(17)35(21)18-6-4-3-5-7-18)30-22-9-8-16(12-28-22)24(36)33-14-20-11-19(33)15-34(20)27/h8-10,12-13,18-20H,3-7,11,14-15,27H2,1-2H3,(H,28,29,30,31). The molecule has 2 atom stereocenters. The molecular weight excluding hydrogens is 470 g/mol. The Labute approximate surface area is 215 Å². The highest BCUT2D eigenvalue weighted by Gasteiger charge is 2.44. The smallest absolute Gasteiger partial charge is 0.270 e. The molecule has 6 rings (SSSR count). The lowest BCUT2D eigenvalue weighted by Crippen LogP contribution is -2.51. The van der Waals surface area contributed by atoms with Crippen molar-refractivity contribution in [3.8, 4) is 0 Å². The van der Waals surface area contributed by atoms with E-state index in [1.54, 1.807) is 43.5 Å². The topological polar surface area (TPSA) is 126 Å². The van der Waals surface area contributed by atoms with Gasteiger partial charge in [-0.2, -0.15) is 4.98 Å². The van der Waals surface area contributed by atoms with Gasteiger partial charge in [0.25, 0.3) is 11.8 Å². The quantitative estimate of drug-likeness (QED) is 0.509. The lowest BCUT2D eigenvalue weighted by Gasteiger charge is -2.31. The van der Waals surface area contributed by atoms with Crippen LogP contribution in [-0.2, 0) is 0 Å². The molecule has 2 bridgehead atoms. The summed E-state index contributed by atoms with van der Waals surface area (Å²) >= 11 is 0. The van der Waals surface area contributed by atoms with Crippen molar-refractivity contribution >= 4 is 34.6 Å². The first kappa shape index (κ1) is 23.8. The van der Waals surface area contributed by atoms with Crippen LogP contribution in [0.2, 0.25) is 0 Å². The zero-order valence-corrected chi connectivity index (χ0v) is 21.3. The van der Waals surface area contributed by atoms with Gasteiger partial charge in [-0.3, -0.25) is 15.4 Å². The number of fused-ring (bicyclic) bond motifs is 3. The Bertz CT molecular complexity index is 1330. The van der Waals surface area contributed by atoms with E-state index < -0.39 is 0 Å². The Kier molecular flexibility index (Phi) is 6.04. The molecule has 2 saturated heterocycles. The van der Waals surface area contributed by atoms with Gasteiger partial charge in [0.2, 0.25) is 5.95 Å². The molecule has 0 radical (unpaired) electrons. The molecule has 3 N–H and O–H groups in total. The van der Waals surface area contributed by atoms with E-state index in [-0.39, 0.29) is 29.9 Å². The highest BCUT2D eigenvalue weighted by atomic mass is 16.2. The molecule has 0 aromatic carbocycles. The van der Waals surface area contributed by atoms with Crippen LogP contribution in [0.25, 0.3) is 11.0 Å². The maximum Gasteiger partial charge on any atom is 0.270 e. The second-order valence-corrected chi connectivity index (χ2v) is 10.6. The van der Waals surface area contributed by atoms with Crippen molar-refractivity contribution in [2.75, 3.05) is 32.5 Å². The van der Waals surface area contributed by atoms with Crippen LogP contribution in [-0.4, -0.2) is 85.4 Å². The molecule has 1 aliphatic carbocycles. The number of aromatic nitrogens is 4. The summed E-state index contributed by atoms with van der Waals surface area (Å²) in [6.45, 7) is 1.38. The van der Waals surface area contributed by atoms with Crippen LogP contribution in [0.4, 0.5) is 11.8 Å². The number of piperazine rings is 1. The lowest BCUT2D eigenvalue weighted by atomic mass is 9.95. The number of carbonyl (C=O) groups is 2. The van der Waals surface area contributed by atoms with Crippen molar-refractivity contribution in [3.63, 3.8) is 0 Å². The largest absolute Gasteiger partial charge is 0.343 e. The maximum absolute atomic E-state index is 13.0. The highest BCUT2D eigenvalue weighted by molar-refractivity contribution is 5.98. The van der Waals surface area contributed by atoms with Gasteiger partial charge in [0.05, 0.1) is 5.56 Å². The van der Waals surface area contributed by atoms with Gasteiger partial charge in [-0.15, -0.1) is 0 Å². The molecule has 0 spiro atoms. The maximum atomic E-state index is 13.0. The molecule has 3 aromatic heterocycles. The summed E-state index contributed by atoms with van der Waals surface area (Å²) < 4.78 is 2.10. The average molecular weight is 504 g/mol. The summed E-state index contributed by atoms with van der Waals surface area (Å²) in [4.78, 5) is 43.2. The first-order valence-corrected chi connectivity index (χ1v) is 13.0. The van der Waals surface area contributed by atoms with Crippen LogP contribution in [0.15, 0.2) is 30.6 Å². The van der Waals surface area contributed by atoms with Crippen molar-refractivity contribution in [3.05, 3.63) is 41.9 Å². The fourth-order valence-electron chi connectivity index (χ4n) is 5.99. The van der Waals surface area contributed by atoms with Crippen LogP contribution >= 0.6 is 0 Å². The highest BCUT2D eigenvalue weighted by Crippen LogP contribution is 2.34. The van der Waals surface area contributed by atoms with E-state index in [1.807, 2.05) is 16.0 Å². The normalized spacial score (nSPS) is 22.1. The number of nitrogens with one attached hydrogen (secondary N) is 1. The number of anilines is 2. The molecular formula is C26H33N9O2. The van der Waals surface area contributed by atoms with Gasteiger partial charge in [-0.1, -0.05) is 19.3 Å².